The van der Waals surface area contributed by atoms with Crippen LogP contribution in [0.3, 0.4) is 0 Å². The van der Waals surface area contributed by atoms with Gasteiger partial charge >= 0.3 is 0 Å². The lowest BCUT2D eigenvalue weighted by Crippen LogP contribution is -2.31. The van der Waals surface area contributed by atoms with Crippen LogP contribution in [0.4, 0.5) is 0 Å². The third-order valence-corrected chi connectivity index (χ3v) is 5.43. The van der Waals surface area contributed by atoms with E-state index in [1.807, 2.05) is 25.1 Å². The molecule has 2 aromatic carbocycles. The van der Waals surface area contributed by atoms with Crippen LogP contribution >= 0.6 is 11.6 Å². The van der Waals surface area contributed by atoms with Gasteiger partial charge in [0.1, 0.15) is 6.54 Å². The van der Waals surface area contributed by atoms with E-state index in [-0.39, 0.29) is 18.5 Å². The van der Waals surface area contributed by atoms with E-state index in [4.69, 9.17) is 11.6 Å². The number of carbonyl (C=O) groups is 1. The molecule has 0 aliphatic heterocycles. The molecular weight excluding hydrogens is 374 g/mol. The van der Waals surface area contributed by atoms with Gasteiger partial charge in [0.2, 0.25) is 11.7 Å². The Bertz CT molecular complexity index is 1000. The minimum Gasteiger partial charge on any atom is -0.348 e. The van der Waals surface area contributed by atoms with Gasteiger partial charge in [-0.2, -0.15) is 4.80 Å². The Morgan fingerprint density at radius 3 is 2.79 bits per heavy atom. The van der Waals surface area contributed by atoms with Crippen LogP contribution < -0.4 is 5.32 Å². The van der Waals surface area contributed by atoms with Crippen molar-refractivity contribution < 1.29 is 4.79 Å². The lowest BCUT2D eigenvalue weighted by atomic mass is 9.89. The van der Waals surface area contributed by atoms with E-state index in [1.54, 1.807) is 6.07 Å². The SMILES string of the molecule is C[C@@H](NC(=O)Cn1nnc(-c2ccccc2Cl)n1)c1ccc2c(c1)CCCC2. The maximum Gasteiger partial charge on any atom is 0.244 e. The number of tetrazole rings is 1. The Morgan fingerprint density at radius 1 is 1.18 bits per heavy atom. The van der Waals surface area contributed by atoms with Crippen LogP contribution in [-0.4, -0.2) is 26.1 Å². The molecule has 0 bridgehead atoms. The first-order valence-corrected chi connectivity index (χ1v) is 9.92. The van der Waals surface area contributed by atoms with Gasteiger partial charge in [-0.15, -0.1) is 10.2 Å². The highest BCUT2D eigenvalue weighted by Gasteiger charge is 2.16. The molecule has 1 atom stereocenters. The van der Waals surface area contributed by atoms with Crippen molar-refractivity contribution in [3.05, 3.63) is 64.2 Å². The number of nitrogens with one attached hydrogen (secondary N) is 1. The zero-order valence-corrected chi connectivity index (χ0v) is 16.5. The molecule has 3 aromatic rings. The second-order valence-electron chi connectivity index (χ2n) is 7.15. The third-order valence-electron chi connectivity index (χ3n) is 5.10. The van der Waals surface area contributed by atoms with E-state index in [1.165, 1.54) is 28.8 Å². The van der Waals surface area contributed by atoms with Gasteiger partial charge in [-0.3, -0.25) is 4.79 Å². The van der Waals surface area contributed by atoms with E-state index in [0.717, 1.165) is 18.4 Å². The molecule has 28 heavy (non-hydrogen) atoms. The molecule has 0 spiro atoms. The van der Waals surface area contributed by atoms with Gasteiger partial charge < -0.3 is 5.32 Å². The predicted molar refractivity (Wildman–Crippen MR) is 108 cm³/mol. The van der Waals surface area contributed by atoms with E-state index in [0.29, 0.717) is 16.4 Å². The summed E-state index contributed by atoms with van der Waals surface area (Å²) >= 11 is 6.16. The van der Waals surface area contributed by atoms with Crippen molar-refractivity contribution in [3.63, 3.8) is 0 Å². The lowest BCUT2D eigenvalue weighted by Gasteiger charge is -2.20. The molecule has 0 fully saturated rings. The van der Waals surface area contributed by atoms with Crippen LogP contribution in [0.5, 0.6) is 0 Å². The molecule has 1 aliphatic carbocycles. The molecule has 144 valence electrons. The maximum atomic E-state index is 12.4. The van der Waals surface area contributed by atoms with Crippen molar-refractivity contribution in [2.75, 3.05) is 0 Å². The fourth-order valence-corrected chi connectivity index (χ4v) is 3.80. The highest BCUT2D eigenvalue weighted by Crippen LogP contribution is 2.25. The average Bonchev–Trinajstić information content (AvgIpc) is 3.15. The van der Waals surface area contributed by atoms with Crippen LogP contribution in [0.15, 0.2) is 42.5 Å². The molecule has 6 nitrogen and oxygen atoms in total. The maximum absolute atomic E-state index is 12.4. The number of rotatable bonds is 5. The van der Waals surface area contributed by atoms with E-state index < -0.39 is 0 Å². The van der Waals surface area contributed by atoms with Gasteiger partial charge in [-0.05, 0) is 66.6 Å². The summed E-state index contributed by atoms with van der Waals surface area (Å²) in [6.07, 6.45) is 4.78. The summed E-state index contributed by atoms with van der Waals surface area (Å²) in [6.45, 7) is 2.00. The summed E-state index contributed by atoms with van der Waals surface area (Å²) in [5.41, 5.74) is 4.66. The Labute approximate surface area is 168 Å². The van der Waals surface area contributed by atoms with Crippen LogP contribution in [-0.2, 0) is 24.2 Å². The van der Waals surface area contributed by atoms with Crippen LogP contribution in [0.2, 0.25) is 5.02 Å². The molecule has 1 aromatic heterocycles. The van der Waals surface area contributed by atoms with E-state index >= 15 is 0 Å². The standard InChI is InChI=1S/C21H22ClN5O/c1-14(16-11-10-15-6-2-3-7-17(15)12-16)23-20(28)13-27-25-21(24-26-27)18-8-4-5-9-19(18)22/h4-5,8-12,14H,2-3,6-7,13H2,1H3,(H,23,28)/t14-/m1/s1. The zero-order valence-electron chi connectivity index (χ0n) is 15.7. The number of hydrogen-bond acceptors (Lipinski definition) is 4. The molecule has 1 heterocycles. The number of hydrogen-bond donors (Lipinski definition) is 1. The summed E-state index contributed by atoms with van der Waals surface area (Å²) in [7, 11) is 0. The van der Waals surface area contributed by atoms with Gasteiger partial charge in [-0.25, -0.2) is 0 Å². The fraction of sp³-hybridized carbons (Fsp3) is 0.333. The molecule has 4 rings (SSSR count). The third kappa shape index (κ3) is 4.07. The Kier molecular flexibility index (Phi) is 5.39. The molecule has 7 heteroatoms. The fourth-order valence-electron chi connectivity index (χ4n) is 3.58. The van der Waals surface area contributed by atoms with Crippen LogP contribution in [0.1, 0.15) is 42.5 Å². The van der Waals surface area contributed by atoms with Crippen molar-refractivity contribution in [3.8, 4) is 11.4 Å². The van der Waals surface area contributed by atoms with Gasteiger partial charge in [0.05, 0.1) is 11.1 Å². The molecule has 1 amide bonds. The van der Waals surface area contributed by atoms with E-state index in [2.05, 4.69) is 38.9 Å². The molecule has 0 unspecified atom stereocenters. The summed E-state index contributed by atoms with van der Waals surface area (Å²) in [5, 5.41) is 15.8. The number of nitrogens with zero attached hydrogens (tertiary/aromatic N) is 4. The lowest BCUT2D eigenvalue weighted by molar-refractivity contribution is -0.122. The van der Waals surface area contributed by atoms with Crippen LogP contribution in [0.25, 0.3) is 11.4 Å². The van der Waals surface area contributed by atoms with Crippen molar-refractivity contribution in [2.45, 2.75) is 45.2 Å². The number of benzene rings is 2. The molecule has 1 aliphatic rings. The first kappa shape index (κ1) is 18.6. The topological polar surface area (TPSA) is 72.7 Å². The number of amides is 1. The Balaban J connectivity index is 1.40. The van der Waals surface area contributed by atoms with Gasteiger partial charge in [-0.1, -0.05) is 41.9 Å². The molecule has 0 saturated carbocycles. The number of fused-ring (bicyclic) bond motifs is 1. The Hall–Kier alpha value is -2.73. The van der Waals surface area contributed by atoms with E-state index in [9.17, 15) is 4.79 Å². The largest absolute Gasteiger partial charge is 0.348 e. The molecule has 0 saturated heterocycles. The van der Waals surface area contributed by atoms with Crippen molar-refractivity contribution in [2.24, 2.45) is 0 Å². The number of aromatic nitrogens is 4. The summed E-state index contributed by atoms with van der Waals surface area (Å²) in [5.74, 6) is 0.245. The number of halogens is 1. The summed E-state index contributed by atoms with van der Waals surface area (Å²) in [4.78, 5) is 13.7. The molecular formula is C21H22ClN5O. The molecule has 1 N–H and O–H groups in total. The number of carbonyl (C=O) groups excluding carboxylic acids is 1. The quantitative estimate of drug-likeness (QED) is 0.714. The first-order valence-electron chi connectivity index (χ1n) is 9.54. The zero-order chi connectivity index (χ0) is 19.5. The summed E-state index contributed by atoms with van der Waals surface area (Å²) < 4.78 is 0. The Morgan fingerprint density at radius 2 is 1.96 bits per heavy atom. The smallest absolute Gasteiger partial charge is 0.244 e. The minimum absolute atomic E-state index is 0.00668. The number of aryl methyl sites for hydroxylation is 2. The predicted octanol–water partition coefficient (Wildman–Crippen LogP) is 3.75. The van der Waals surface area contributed by atoms with Crippen molar-refractivity contribution in [1.29, 1.82) is 0 Å². The highest BCUT2D eigenvalue weighted by molar-refractivity contribution is 6.33. The van der Waals surface area contributed by atoms with Crippen molar-refractivity contribution >= 4 is 17.5 Å². The van der Waals surface area contributed by atoms with Gasteiger partial charge in [0, 0.05) is 5.56 Å². The average molecular weight is 396 g/mol. The normalized spacial score (nSPS) is 14.4. The highest BCUT2D eigenvalue weighted by atomic mass is 35.5. The molecule has 0 radical (unpaired) electrons. The van der Waals surface area contributed by atoms with Crippen LogP contribution in [0, 0.1) is 0 Å². The second-order valence-corrected chi connectivity index (χ2v) is 7.55. The van der Waals surface area contributed by atoms with Gasteiger partial charge in [0.15, 0.2) is 0 Å². The first-order chi connectivity index (χ1) is 13.6. The van der Waals surface area contributed by atoms with Crippen molar-refractivity contribution in [1.82, 2.24) is 25.5 Å². The minimum atomic E-state index is -0.159. The monoisotopic (exact) mass is 395 g/mol. The van der Waals surface area contributed by atoms with Gasteiger partial charge in [0.25, 0.3) is 0 Å². The summed E-state index contributed by atoms with van der Waals surface area (Å²) in [6, 6.07) is 13.7. The second kappa shape index (κ2) is 8.10.